The largest absolute Gasteiger partial charge is 0.318 e. The molecule has 15 aromatic carbocycles. The minimum absolute atomic E-state index is 0.434. The first-order valence-corrected chi connectivity index (χ1v) is 33.0. The van der Waals surface area contributed by atoms with Gasteiger partial charge in [0.2, 0.25) is 5.69 Å². The van der Waals surface area contributed by atoms with Gasteiger partial charge in [0.05, 0.1) is 56.6 Å². The second-order valence-corrected chi connectivity index (χ2v) is 25.7. The number of benzene rings is 15. The van der Waals surface area contributed by atoms with Crippen molar-refractivity contribution in [2.75, 3.05) is 0 Å². The average Bonchev–Trinajstić information content (AvgIpc) is 1.49. The van der Waals surface area contributed by atoms with Crippen molar-refractivity contribution in [2.24, 2.45) is 0 Å². The second-order valence-electron chi connectivity index (χ2n) is 25.7. The molecule has 20 rings (SSSR count). The lowest BCUT2D eigenvalue weighted by Crippen LogP contribution is -2.11. The highest BCUT2D eigenvalue weighted by atomic mass is 15.1. The van der Waals surface area contributed by atoms with E-state index in [0.717, 1.165) is 177 Å². The normalized spacial score (nSPS) is 12.3. The minimum Gasteiger partial charge on any atom is -0.318 e. The Hall–Kier alpha value is -12.8. The molecule has 0 amide bonds. The number of hydrogen-bond donors (Lipinski definition) is 0. The van der Waals surface area contributed by atoms with Crippen LogP contribution in [0.4, 0.5) is 5.69 Å². The monoisotopic (exact) mass is 1220 g/mol. The first kappa shape index (κ1) is 53.8. The van der Waals surface area contributed by atoms with Gasteiger partial charge in [-0.1, -0.05) is 267 Å². The zero-order chi connectivity index (χ0) is 63.1. The number of aromatic nitrogens is 3. The lowest BCUT2D eigenvalue weighted by Gasteiger charge is -2.27. The summed E-state index contributed by atoms with van der Waals surface area (Å²) in [6, 6.07) is 123. The molecule has 4 heterocycles. The third-order valence-electron chi connectivity index (χ3n) is 20.7. The lowest BCUT2D eigenvalue weighted by atomic mass is 9.84. The van der Waals surface area contributed by atoms with Gasteiger partial charge < -0.3 is 13.5 Å². The van der Waals surface area contributed by atoms with E-state index >= 15 is 0 Å². The molecule has 0 N–H and O–H groups in total. The summed E-state index contributed by atoms with van der Waals surface area (Å²) in [7, 11) is 0. The highest BCUT2D eigenvalue weighted by Crippen LogP contribution is 2.59. The van der Waals surface area contributed by atoms with E-state index in [0.29, 0.717) is 5.69 Å². The van der Waals surface area contributed by atoms with E-state index in [1.54, 1.807) is 0 Å². The molecule has 1 aliphatic rings. The molecule has 19 aromatic rings. The molecular weight excluding hydrogens is 1160 g/mol. The molecule has 4 aromatic heterocycles. The maximum Gasteiger partial charge on any atom is 0.217 e. The van der Waals surface area contributed by atoms with Gasteiger partial charge in [0.25, 0.3) is 0 Å². The molecule has 0 fully saturated rings. The van der Waals surface area contributed by atoms with Gasteiger partial charge in [-0.05, 0) is 161 Å². The van der Waals surface area contributed by atoms with Crippen LogP contribution in [0.3, 0.4) is 0 Å². The van der Waals surface area contributed by atoms with E-state index in [1.165, 1.54) is 10.8 Å². The molecule has 4 heteroatoms. The first-order chi connectivity index (χ1) is 47.6. The van der Waals surface area contributed by atoms with Gasteiger partial charge in [0.1, 0.15) is 0 Å². The number of nitrogens with zero attached hydrogens (tertiary/aromatic N) is 4. The third kappa shape index (κ3) is 7.95. The maximum atomic E-state index is 10.4. The third-order valence-corrected chi connectivity index (χ3v) is 20.7. The zero-order valence-electron chi connectivity index (χ0n) is 52.1. The Kier molecular flexibility index (Phi) is 11.8. The zero-order valence-corrected chi connectivity index (χ0v) is 52.1. The summed E-state index contributed by atoms with van der Waals surface area (Å²) in [5.41, 5.74) is 29.2. The van der Waals surface area contributed by atoms with E-state index in [9.17, 15) is 6.57 Å². The van der Waals surface area contributed by atoms with E-state index in [-0.39, 0.29) is 0 Å². The summed E-state index contributed by atoms with van der Waals surface area (Å²) in [6.45, 7) is 10.4. The predicted molar refractivity (Wildman–Crippen MR) is 401 cm³/mol. The minimum atomic E-state index is -0.434. The molecule has 1 aliphatic carbocycles. The SMILES string of the molecule is [C-]#[N+]c1c(C2c3ccc(-c4ccccc4)cc3-c3cc(-c4ccccc4)ccc32)c(-n2c3ccc(-c4ccccc4)cc3c3cc(-c4ccccc4)ccc32)c2c(c1-n1c3ccc(-c4ccccc4)cc3c3cc(-c4ccccc4)ccc31)c1cccc3c4ccccc4n2c31. The van der Waals surface area contributed by atoms with Crippen LogP contribution in [-0.4, -0.2) is 13.5 Å². The van der Waals surface area contributed by atoms with Crippen LogP contribution in [0, 0.1) is 6.57 Å². The molecular formula is C92H56N4. The van der Waals surface area contributed by atoms with Gasteiger partial charge in [0.15, 0.2) is 0 Å². The quantitative estimate of drug-likeness (QED) is 0.128. The standard InChI is InChI=1S/C92H56N4/c1-93-88-87(85-70-45-39-63(57-23-8-2-9-24-57)51-74(70)75-52-64(40-46-71(75)85)58-25-10-3-11-26-58)92(95-83-49-43-67(61-31-16-6-17-32-61)55-78(83)79-56-68(44-50-84(79)95)62-33-18-7-19-34-62)91-86(73-37-22-36-72-69-35-20-21-38-80(69)96(91)89(72)73)90(88)94-81-47-41-65(59-27-12-4-13-28-59)53-76(81)77-54-66(42-48-82(77)94)60-29-14-5-15-30-60/h2-56,85H. The second kappa shape index (κ2) is 21.1. The van der Waals surface area contributed by atoms with Crippen LogP contribution in [0.25, 0.3) is 176 Å². The van der Waals surface area contributed by atoms with Crippen molar-refractivity contribution in [1.29, 1.82) is 0 Å². The molecule has 0 atom stereocenters. The van der Waals surface area contributed by atoms with Gasteiger partial charge in [-0.2, -0.15) is 0 Å². The van der Waals surface area contributed by atoms with Crippen LogP contribution < -0.4 is 0 Å². The van der Waals surface area contributed by atoms with Crippen LogP contribution in [0.1, 0.15) is 22.6 Å². The number of hydrogen-bond acceptors (Lipinski definition) is 0. The van der Waals surface area contributed by atoms with Gasteiger partial charge in [0, 0.05) is 49.0 Å². The van der Waals surface area contributed by atoms with Crippen molar-refractivity contribution in [2.45, 2.75) is 5.92 Å². The highest BCUT2D eigenvalue weighted by Gasteiger charge is 2.40. The van der Waals surface area contributed by atoms with Crippen LogP contribution >= 0.6 is 0 Å². The molecule has 0 saturated carbocycles. The number of rotatable bonds is 9. The molecule has 444 valence electrons. The summed E-state index contributed by atoms with van der Waals surface area (Å²) in [5, 5.41) is 8.97. The highest BCUT2D eigenvalue weighted by molar-refractivity contribution is 6.29. The van der Waals surface area contributed by atoms with E-state index in [2.05, 4.69) is 347 Å². The molecule has 0 bridgehead atoms. The smallest absolute Gasteiger partial charge is 0.217 e. The van der Waals surface area contributed by atoms with E-state index in [4.69, 9.17) is 4.85 Å². The van der Waals surface area contributed by atoms with E-state index < -0.39 is 5.92 Å². The first-order valence-electron chi connectivity index (χ1n) is 33.0. The summed E-state index contributed by atoms with van der Waals surface area (Å²) >= 11 is 0. The van der Waals surface area contributed by atoms with Crippen molar-refractivity contribution in [3.8, 4) is 89.3 Å². The van der Waals surface area contributed by atoms with Crippen molar-refractivity contribution < 1.29 is 0 Å². The van der Waals surface area contributed by atoms with E-state index in [1.807, 2.05) is 0 Å². The van der Waals surface area contributed by atoms with Crippen molar-refractivity contribution >= 4 is 87.4 Å². The van der Waals surface area contributed by atoms with Gasteiger partial charge in [-0.15, -0.1) is 0 Å². The maximum absolute atomic E-state index is 10.4. The van der Waals surface area contributed by atoms with Crippen LogP contribution in [0.15, 0.2) is 334 Å². The summed E-state index contributed by atoms with van der Waals surface area (Å²) < 4.78 is 7.65. The molecule has 0 unspecified atom stereocenters. The Balaban J connectivity index is 1.01. The Morgan fingerprint density at radius 2 is 0.583 bits per heavy atom. The average molecular weight is 1220 g/mol. The topological polar surface area (TPSA) is 18.6 Å². The van der Waals surface area contributed by atoms with Gasteiger partial charge in [-0.25, -0.2) is 4.85 Å². The van der Waals surface area contributed by atoms with Crippen molar-refractivity contribution in [3.63, 3.8) is 0 Å². The molecule has 0 aliphatic heterocycles. The molecule has 0 saturated heterocycles. The molecule has 4 nitrogen and oxygen atoms in total. The molecule has 96 heavy (non-hydrogen) atoms. The lowest BCUT2D eigenvalue weighted by molar-refractivity contribution is 0.987. The fourth-order valence-electron chi connectivity index (χ4n) is 16.4. The Bertz CT molecular complexity index is 6130. The molecule has 0 radical (unpaired) electrons. The fraction of sp³-hybridized carbons (Fsp3) is 0.0109. The van der Waals surface area contributed by atoms with Crippen molar-refractivity contribution in [3.05, 3.63) is 362 Å². The van der Waals surface area contributed by atoms with Gasteiger partial charge in [-0.3, -0.25) is 0 Å². The summed E-state index contributed by atoms with van der Waals surface area (Å²) in [5.74, 6) is -0.434. The fourth-order valence-corrected chi connectivity index (χ4v) is 16.4. The predicted octanol–water partition coefficient (Wildman–Crippen LogP) is 24.7. The van der Waals surface area contributed by atoms with Crippen molar-refractivity contribution in [1.82, 2.24) is 13.5 Å². The Morgan fingerprint density at radius 3 is 0.979 bits per heavy atom. The number of fused-ring (bicyclic) bond motifs is 15. The van der Waals surface area contributed by atoms with Gasteiger partial charge >= 0.3 is 0 Å². The number of para-hydroxylation sites is 2. The summed E-state index contributed by atoms with van der Waals surface area (Å²) in [4.78, 5) is 5.19. The Morgan fingerprint density at radius 1 is 0.250 bits per heavy atom. The van der Waals surface area contributed by atoms with Crippen LogP contribution in [-0.2, 0) is 0 Å². The Labute approximate surface area is 554 Å². The molecule has 0 spiro atoms. The summed E-state index contributed by atoms with van der Waals surface area (Å²) in [6.07, 6.45) is 0. The van der Waals surface area contributed by atoms with Crippen LogP contribution in [0.2, 0.25) is 0 Å². The van der Waals surface area contributed by atoms with Crippen LogP contribution in [0.5, 0.6) is 0 Å².